The summed E-state index contributed by atoms with van der Waals surface area (Å²) >= 11 is 0. The summed E-state index contributed by atoms with van der Waals surface area (Å²) in [7, 11) is 0. The predicted octanol–water partition coefficient (Wildman–Crippen LogP) is 11.9. The first kappa shape index (κ1) is 23.3. The maximum Gasteiger partial charge on any atom is -0.00199 e. The van der Waals surface area contributed by atoms with Crippen molar-refractivity contribution in [1.29, 1.82) is 0 Å². The fraction of sp³-hybridized carbons (Fsp3) is 0. The van der Waals surface area contributed by atoms with E-state index in [1.165, 1.54) is 86.9 Å². The van der Waals surface area contributed by atoms with Crippen LogP contribution in [0, 0.1) is 0 Å². The minimum atomic E-state index is 1.26. The van der Waals surface area contributed by atoms with Gasteiger partial charge >= 0.3 is 0 Å². The molecule has 0 N–H and O–H groups in total. The highest BCUT2D eigenvalue weighted by molar-refractivity contribution is 6.33. The summed E-state index contributed by atoms with van der Waals surface area (Å²) in [4.78, 5) is 0. The first-order valence-electron chi connectivity index (χ1n) is 14.6. The van der Waals surface area contributed by atoms with Gasteiger partial charge in [-0.3, -0.25) is 0 Å². The van der Waals surface area contributed by atoms with Crippen LogP contribution in [0.5, 0.6) is 0 Å². The molecule has 0 spiro atoms. The van der Waals surface area contributed by atoms with Gasteiger partial charge in [-0.2, -0.15) is 0 Å². The first-order valence-corrected chi connectivity index (χ1v) is 14.6. The van der Waals surface area contributed by atoms with Crippen molar-refractivity contribution in [3.8, 4) is 22.3 Å². The van der Waals surface area contributed by atoms with Crippen molar-refractivity contribution in [1.82, 2.24) is 0 Å². The summed E-state index contributed by atoms with van der Waals surface area (Å²) in [6, 6.07) is 58.0. The molecule has 0 radical (unpaired) electrons. The molecule has 0 unspecified atom stereocenters. The molecule has 0 aliphatic heterocycles. The molecule has 9 aromatic carbocycles. The number of rotatable bonds is 2. The second kappa shape index (κ2) is 9.03. The second-order valence-electron chi connectivity index (χ2n) is 11.2. The molecule has 0 heterocycles. The third-order valence-corrected chi connectivity index (χ3v) is 9.02. The molecule has 0 nitrogen and oxygen atoms in total. The Morgan fingerprint density at radius 1 is 0.214 bits per heavy atom. The molecule has 0 fully saturated rings. The summed E-state index contributed by atoms with van der Waals surface area (Å²) in [5.41, 5.74) is 5.06. The van der Waals surface area contributed by atoms with Crippen LogP contribution in [0.1, 0.15) is 0 Å². The molecule has 0 saturated heterocycles. The summed E-state index contributed by atoms with van der Waals surface area (Å²) < 4.78 is 0. The zero-order chi connectivity index (χ0) is 27.6. The predicted molar refractivity (Wildman–Crippen MR) is 182 cm³/mol. The van der Waals surface area contributed by atoms with Gasteiger partial charge in [0.05, 0.1) is 0 Å². The molecule has 9 aromatic rings. The van der Waals surface area contributed by atoms with Crippen LogP contribution in [0.15, 0.2) is 158 Å². The highest BCUT2D eigenvalue weighted by atomic mass is 14.2. The first-order chi connectivity index (χ1) is 20.9. The van der Waals surface area contributed by atoms with Crippen molar-refractivity contribution in [3.05, 3.63) is 158 Å². The smallest absolute Gasteiger partial charge is 0.00199 e. The van der Waals surface area contributed by atoms with Crippen LogP contribution < -0.4 is 0 Å². The Kier molecular flexibility index (Phi) is 5.00. The highest BCUT2D eigenvalue weighted by Crippen LogP contribution is 2.46. The summed E-state index contributed by atoms with van der Waals surface area (Å²) in [6.45, 7) is 0. The molecular formula is C42H26. The van der Waals surface area contributed by atoms with Crippen LogP contribution in [0.2, 0.25) is 0 Å². The molecule has 194 valence electrons. The number of fused-ring (bicyclic) bond motifs is 11. The molecule has 0 aromatic heterocycles. The molecule has 9 rings (SSSR count). The lowest BCUT2D eigenvalue weighted by atomic mass is 9.84. The molecule has 0 aliphatic rings. The van der Waals surface area contributed by atoms with Crippen LogP contribution in [0.4, 0.5) is 0 Å². The maximum absolute atomic E-state index is 2.45. The molecule has 0 aliphatic carbocycles. The van der Waals surface area contributed by atoms with Gasteiger partial charge in [0.25, 0.3) is 0 Å². The topological polar surface area (TPSA) is 0 Å². The Morgan fingerprint density at radius 3 is 1.19 bits per heavy atom. The Hall–Kier alpha value is -5.46. The number of benzene rings is 9. The van der Waals surface area contributed by atoms with Crippen LogP contribution in [-0.2, 0) is 0 Å². The van der Waals surface area contributed by atoms with Gasteiger partial charge in [-0.25, -0.2) is 0 Å². The molecule has 42 heavy (non-hydrogen) atoms. The van der Waals surface area contributed by atoms with Gasteiger partial charge in [0.1, 0.15) is 0 Å². The van der Waals surface area contributed by atoms with Gasteiger partial charge in [0, 0.05) is 0 Å². The van der Waals surface area contributed by atoms with Crippen LogP contribution in [0.25, 0.3) is 86.9 Å². The van der Waals surface area contributed by atoms with E-state index in [1.54, 1.807) is 0 Å². The Balaban J connectivity index is 1.45. The molecular weight excluding hydrogens is 504 g/mol. The minimum Gasteiger partial charge on any atom is -0.0616 e. The van der Waals surface area contributed by atoms with E-state index >= 15 is 0 Å². The van der Waals surface area contributed by atoms with Crippen LogP contribution in [-0.4, -0.2) is 0 Å². The van der Waals surface area contributed by atoms with Crippen LogP contribution >= 0.6 is 0 Å². The Labute approximate surface area is 244 Å². The molecule has 0 saturated carbocycles. The van der Waals surface area contributed by atoms with E-state index < -0.39 is 0 Å². The summed E-state index contributed by atoms with van der Waals surface area (Å²) in [5.74, 6) is 0. The normalized spacial score (nSPS) is 11.8. The van der Waals surface area contributed by atoms with E-state index in [2.05, 4.69) is 158 Å². The summed E-state index contributed by atoms with van der Waals surface area (Å²) in [5, 5.41) is 15.6. The standard InChI is InChI=1S/C42H26/c1-2-14-28-27(13-1)25-39(32-18-5-3-15-29(28)32)33-19-6-7-20-34(33)40-26-41-35-21-8-4-16-30(35)31-17-9-11-23-37(31)42(41)38-24-12-10-22-36(38)40/h1-26H. The third-order valence-electron chi connectivity index (χ3n) is 9.02. The Bertz CT molecular complexity index is 2510. The monoisotopic (exact) mass is 530 g/mol. The van der Waals surface area contributed by atoms with Gasteiger partial charge in [-0.1, -0.05) is 146 Å². The fourth-order valence-electron chi connectivity index (χ4n) is 7.22. The lowest BCUT2D eigenvalue weighted by Gasteiger charge is -2.19. The number of hydrogen-bond acceptors (Lipinski definition) is 0. The summed E-state index contributed by atoms with van der Waals surface area (Å²) in [6.07, 6.45) is 0. The zero-order valence-corrected chi connectivity index (χ0v) is 23.0. The molecule has 0 atom stereocenters. The third kappa shape index (κ3) is 3.30. The molecule has 0 heteroatoms. The average Bonchev–Trinajstić information content (AvgIpc) is 3.07. The van der Waals surface area contributed by atoms with Crippen LogP contribution in [0.3, 0.4) is 0 Å². The van der Waals surface area contributed by atoms with Gasteiger partial charge in [-0.15, -0.1) is 0 Å². The van der Waals surface area contributed by atoms with Gasteiger partial charge in [-0.05, 0) is 99.0 Å². The van der Waals surface area contributed by atoms with Crippen molar-refractivity contribution in [2.75, 3.05) is 0 Å². The van der Waals surface area contributed by atoms with Gasteiger partial charge < -0.3 is 0 Å². The van der Waals surface area contributed by atoms with E-state index in [1.807, 2.05) is 0 Å². The minimum absolute atomic E-state index is 1.26. The van der Waals surface area contributed by atoms with Gasteiger partial charge in [0.15, 0.2) is 0 Å². The second-order valence-corrected chi connectivity index (χ2v) is 11.2. The largest absolute Gasteiger partial charge is 0.0616 e. The van der Waals surface area contributed by atoms with E-state index in [0.29, 0.717) is 0 Å². The molecule has 0 amide bonds. The van der Waals surface area contributed by atoms with Crippen molar-refractivity contribution in [2.45, 2.75) is 0 Å². The van der Waals surface area contributed by atoms with Crippen molar-refractivity contribution >= 4 is 64.6 Å². The quantitative estimate of drug-likeness (QED) is 0.195. The Morgan fingerprint density at radius 2 is 0.571 bits per heavy atom. The van der Waals surface area contributed by atoms with E-state index in [0.717, 1.165) is 0 Å². The lowest BCUT2D eigenvalue weighted by molar-refractivity contribution is 1.64. The van der Waals surface area contributed by atoms with Crippen molar-refractivity contribution in [3.63, 3.8) is 0 Å². The fourth-order valence-corrected chi connectivity index (χ4v) is 7.22. The van der Waals surface area contributed by atoms with E-state index in [4.69, 9.17) is 0 Å². The van der Waals surface area contributed by atoms with Gasteiger partial charge in [0.2, 0.25) is 0 Å². The lowest BCUT2D eigenvalue weighted by Crippen LogP contribution is -1.91. The van der Waals surface area contributed by atoms with Crippen molar-refractivity contribution < 1.29 is 0 Å². The van der Waals surface area contributed by atoms with Crippen molar-refractivity contribution in [2.24, 2.45) is 0 Å². The van der Waals surface area contributed by atoms with E-state index in [9.17, 15) is 0 Å². The van der Waals surface area contributed by atoms with E-state index in [-0.39, 0.29) is 0 Å². The number of hydrogen-bond donors (Lipinski definition) is 0. The average molecular weight is 531 g/mol. The maximum atomic E-state index is 2.45. The SMILES string of the molecule is c1ccc(-c2cc3c4ccccc4c4ccccc4c3c3ccccc23)c(-c2cc3ccccc3c3ccccc23)c1. The zero-order valence-electron chi connectivity index (χ0n) is 23.0. The molecule has 0 bridgehead atoms. The highest BCUT2D eigenvalue weighted by Gasteiger charge is 2.18.